The van der Waals surface area contributed by atoms with Crippen molar-refractivity contribution in [3.63, 3.8) is 0 Å². The number of hydrogen-bond donors (Lipinski definition) is 1. The van der Waals surface area contributed by atoms with Gasteiger partial charge >= 0.3 is 5.97 Å². The van der Waals surface area contributed by atoms with E-state index in [0.29, 0.717) is 11.8 Å². The maximum Gasteiger partial charge on any atom is 0.309 e. The van der Waals surface area contributed by atoms with E-state index >= 15 is 0 Å². The Balaban J connectivity index is 1.81. The summed E-state index contributed by atoms with van der Waals surface area (Å²) in [7, 11) is 0. The van der Waals surface area contributed by atoms with Crippen molar-refractivity contribution in [2.45, 2.75) is 51.0 Å². The number of aliphatic carboxylic acids is 1. The molecule has 3 aliphatic rings. The fraction of sp³-hybridized carbons (Fsp3) is 0.933. The van der Waals surface area contributed by atoms with Gasteiger partial charge < -0.3 is 9.84 Å². The first-order valence-electron chi connectivity index (χ1n) is 7.51. The second-order valence-electron chi connectivity index (χ2n) is 6.83. The van der Waals surface area contributed by atoms with Gasteiger partial charge in [0.25, 0.3) is 0 Å². The van der Waals surface area contributed by atoms with Crippen LogP contribution in [-0.4, -0.2) is 34.8 Å². The molecule has 4 atom stereocenters. The highest BCUT2D eigenvalue weighted by molar-refractivity contribution is 7.99. The van der Waals surface area contributed by atoms with Gasteiger partial charge in [-0.15, -0.1) is 0 Å². The second-order valence-corrected chi connectivity index (χ2v) is 7.94. The molecule has 2 heterocycles. The summed E-state index contributed by atoms with van der Waals surface area (Å²) in [6.07, 6.45) is 5.84. The predicted octanol–water partition coefficient (Wildman–Crippen LogP) is 3.18. The van der Waals surface area contributed by atoms with Gasteiger partial charge in [-0.05, 0) is 56.1 Å². The molecular formula is C15H24O3S. The van der Waals surface area contributed by atoms with E-state index in [2.05, 4.69) is 6.92 Å². The highest BCUT2D eigenvalue weighted by Crippen LogP contribution is 2.54. The molecule has 19 heavy (non-hydrogen) atoms. The van der Waals surface area contributed by atoms with Gasteiger partial charge in [0, 0.05) is 12.4 Å². The minimum atomic E-state index is -0.551. The third-order valence-corrected chi connectivity index (χ3v) is 6.79. The third kappa shape index (κ3) is 2.31. The molecule has 1 spiro atoms. The molecule has 0 aromatic heterocycles. The van der Waals surface area contributed by atoms with Crippen LogP contribution in [0.5, 0.6) is 0 Å². The highest BCUT2D eigenvalue weighted by atomic mass is 32.2. The lowest BCUT2D eigenvalue weighted by Gasteiger charge is -2.44. The summed E-state index contributed by atoms with van der Waals surface area (Å²) in [6, 6.07) is 0. The second kappa shape index (κ2) is 4.96. The van der Waals surface area contributed by atoms with Crippen molar-refractivity contribution < 1.29 is 14.6 Å². The topological polar surface area (TPSA) is 46.5 Å². The quantitative estimate of drug-likeness (QED) is 0.846. The van der Waals surface area contributed by atoms with Crippen LogP contribution in [0.25, 0.3) is 0 Å². The summed E-state index contributed by atoms with van der Waals surface area (Å²) < 4.78 is 6.05. The molecule has 4 unspecified atom stereocenters. The Hall–Kier alpha value is -0.220. The van der Waals surface area contributed by atoms with E-state index in [-0.39, 0.29) is 5.60 Å². The van der Waals surface area contributed by atoms with Gasteiger partial charge in [-0.3, -0.25) is 4.79 Å². The van der Waals surface area contributed by atoms with E-state index in [1.165, 1.54) is 5.75 Å². The van der Waals surface area contributed by atoms with Gasteiger partial charge in [0.2, 0.25) is 0 Å². The first-order chi connectivity index (χ1) is 9.06. The molecule has 1 N–H and O–H groups in total. The van der Waals surface area contributed by atoms with Crippen molar-refractivity contribution in [2.75, 3.05) is 18.1 Å². The summed E-state index contributed by atoms with van der Waals surface area (Å²) in [5, 5.41) is 9.82. The summed E-state index contributed by atoms with van der Waals surface area (Å²) >= 11 is 1.96. The maximum atomic E-state index is 11.9. The van der Waals surface area contributed by atoms with Crippen LogP contribution in [-0.2, 0) is 9.53 Å². The lowest BCUT2D eigenvalue weighted by Crippen LogP contribution is -2.47. The summed E-state index contributed by atoms with van der Waals surface area (Å²) in [6.45, 7) is 2.96. The number of carbonyl (C=O) groups is 1. The van der Waals surface area contributed by atoms with Crippen molar-refractivity contribution in [3.8, 4) is 0 Å². The van der Waals surface area contributed by atoms with Crippen LogP contribution in [0.1, 0.15) is 45.4 Å². The van der Waals surface area contributed by atoms with Gasteiger partial charge in [-0.1, -0.05) is 6.92 Å². The van der Waals surface area contributed by atoms with Crippen LogP contribution in [0.15, 0.2) is 0 Å². The number of carboxylic acids is 1. The molecular weight excluding hydrogens is 260 g/mol. The molecule has 2 aliphatic heterocycles. The minimum Gasteiger partial charge on any atom is -0.481 e. The van der Waals surface area contributed by atoms with Crippen molar-refractivity contribution in [1.29, 1.82) is 0 Å². The Morgan fingerprint density at radius 3 is 2.74 bits per heavy atom. The van der Waals surface area contributed by atoms with Crippen LogP contribution in [0.4, 0.5) is 0 Å². The van der Waals surface area contributed by atoms with Gasteiger partial charge in [0.05, 0.1) is 11.0 Å². The van der Waals surface area contributed by atoms with Crippen molar-refractivity contribution in [1.82, 2.24) is 0 Å². The number of rotatable bonds is 2. The van der Waals surface area contributed by atoms with E-state index in [0.717, 1.165) is 50.9 Å². The molecule has 4 heteroatoms. The zero-order chi connectivity index (χ0) is 13.5. The molecule has 0 aromatic rings. The van der Waals surface area contributed by atoms with E-state index in [9.17, 15) is 9.90 Å². The van der Waals surface area contributed by atoms with Crippen molar-refractivity contribution in [2.24, 2.45) is 17.3 Å². The average molecular weight is 284 g/mol. The van der Waals surface area contributed by atoms with Crippen molar-refractivity contribution >= 4 is 17.7 Å². The third-order valence-electron chi connectivity index (χ3n) is 5.56. The average Bonchev–Trinajstić information content (AvgIpc) is 2.98. The van der Waals surface area contributed by atoms with Crippen LogP contribution in [0.2, 0.25) is 0 Å². The fourth-order valence-electron chi connectivity index (χ4n) is 4.43. The number of hydrogen-bond acceptors (Lipinski definition) is 3. The molecule has 108 valence electrons. The van der Waals surface area contributed by atoms with E-state index < -0.39 is 11.4 Å². The monoisotopic (exact) mass is 284 g/mol. The first-order valence-corrected chi connectivity index (χ1v) is 8.67. The maximum absolute atomic E-state index is 11.9. The SMILES string of the molecule is CC1CCC(C(=O)O)(C2CCOC3(CCSC3)C2)C1. The van der Waals surface area contributed by atoms with E-state index in [1.807, 2.05) is 11.8 Å². The Labute approximate surface area is 119 Å². The molecule has 3 rings (SSSR count). The molecule has 1 aliphatic carbocycles. The Kier molecular flexibility index (Phi) is 3.59. The normalized spacial score (nSPS) is 46.8. The Morgan fingerprint density at radius 2 is 2.16 bits per heavy atom. The van der Waals surface area contributed by atoms with Gasteiger partial charge in [-0.2, -0.15) is 11.8 Å². The number of thioether (sulfide) groups is 1. The lowest BCUT2D eigenvalue weighted by molar-refractivity contribution is -0.161. The zero-order valence-electron chi connectivity index (χ0n) is 11.7. The summed E-state index contributed by atoms with van der Waals surface area (Å²) in [5.74, 6) is 2.57. The fourth-order valence-corrected chi connectivity index (χ4v) is 5.81. The molecule has 0 radical (unpaired) electrons. The van der Waals surface area contributed by atoms with Crippen LogP contribution >= 0.6 is 11.8 Å². The molecule has 3 fully saturated rings. The smallest absolute Gasteiger partial charge is 0.309 e. The minimum absolute atomic E-state index is 0.00185. The van der Waals surface area contributed by atoms with E-state index in [1.54, 1.807) is 0 Å². The number of carboxylic acid groups (broad SMARTS) is 1. The number of ether oxygens (including phenoxy) is 1. The highest BCUT2D eigenvalue weighted by Gasteiger charge is 2.54. The molecule has 0 aromatic carbocycles. The molecule has 1 saturated carbocycles. The van der Waals surface area contributed by atoms with Crippen LogP contribution in [0.3, 0.4) is 0 Å². The Morgan fingerprint density at radius 1 is 1.32 bits per heavy atom. The van der Waals surface area contributed by atoms with Gasteiger partial charge in [0.1, 0.15) is 0 Å². The molecule has 0 amide bonds. The van der Waals surface area contributed by atoms with E-state index in [4.69, 9.17) is 4.74 Å². The molecule has 0 bridgehead atoms. The summed E-state index contributed by atoms with van der Waals surface area (Å²) in [4.78, 5) is 11.9. The molecule has 2 saturated heterocycles. The van der Waals surface area contributed by atoms with Gasteiger partial charge in [-0.25, -0.2) is 0 Å². The lowest BCUT2D eigenvalue weighted by atomic mass is 9.66. The summed E-state index contributed by atoms with van der Waals surface area (Å²) in [5.41, 5.74) is -0.453. The zero-order valence-corrected chi connectivity index (χ0v) is 12.5. The Bertz CT molecular complexity index is 364. The largest absolute Gasteiger partial charge is 0.481 e. The predicted molar refractivity (Wildman–Crippen MR) is 76.4 cm³/mol. The molecule has 3 nitrogen and oxygen atoms in total. The standard InChI is InChI=1S/C15H24O3S/c1-11-2-4-15(8-11,13(16)17)12-3-6-18-14(9-12)5-7-19-10-14/h11-12H,2-10H2,1H3,(H,16,17). The van der Waals surface area contributed by atoms with Gasteiger partial charge in [0.15, 0.2) is 0 Å². The van der Waals surface area contributed by atoms with Crippen LogP contribution < -0.4 is 0 Å². The van der Waals surface area contributed by atoms with Crippen molar-refractivity contribution in [3.05, 3.63) is 0 Å². The first kappa shape index (κ1) is 13.7. The van der Waals surface area contributed by atoms with Crippen LogP contribution in [0, 0.1) is 17.3 Å².